The van der Waals surface area contributed by atoms with Crippen LogP contribution in [0.2, 0.25) is 0 Å². The third kappa shape index (κ3) is 2.69. The minimum absolute atomic E-state index is 0.0453. The summed E-state index contributed by atoms with van der Waals surface area (Å²) in [6, 6.07) is 10.1. The number of fused-ring (bicyclic) bond motifs is 2. The Hall–Kier alpha value is -3.09. The van der Waals surface area contributed by atoms with Crippen LogP contribution in [0.25, 0.3) is 11.4 Å². The largest absolute Gasteiger partial charge is 0.336 e. The van der Waals surface area contributed by atoms with E-state index in [0.717, 1.165) is 49.3 Å². The molecule has 0 bridgehead atoms. The molecule has 1 aromatic carbocycles. The van der Waals surface area contributed by atoms with Crippen LogP contribution in [0.4, 0.5) is 0 Å². The van der Waals surface area contributed by atoms with Gasteiger partial charge in [0.2, 0.25) is 0 Å². The molecule has 3 heterocycles. The van der Waals surface area contributed by atoms with Gasteiger partial charge in [-0.15, -0.1) is 0 Å². The lowest BCUT2D eigenvalue weighted by molar-refractivity contribution is 0.0626. The molecule has 1 atom stereocenters. The third-order valence-corrected chi connectivity index (χ3v) is 6.06. The molecule has 7 heteroatoms. The number of aryl methyl sites for hydroxylation is 2. The van der Waals surface area contributed by atoms with Crippen LogP contribution >= 0.6 is 0 Å². The van der Waals surface area contributed by atoms with Crippen molar-refractivity contribution >= 4 is 5.91 Å². The maximum atomic E-state index is 13.0. The standard InChI is InChI=1S/C21H22N6O/c1-14-17(25-26-24-14)20(28)27-11-5-9-21(13-27)10-8-16-12-22-19(23-18(16)21)15-6-3-2-4-7-15/h2-4,6-7,12H,5,8-11,13H2,1H3,(H,24,25,26). The number of nitrogens with zero attached hydrogens (tertiary/aromatic N) is 5. The van der Waals surface area contributed by atoms with Crippen LogP contribution in [0, 0.1) is 6.92 Å². The lowest BCUT2D eigenvalue weighted by Crippen LogP contribution is -2.48. The molecule has 1 amide bonds. The number of amides is 1. The fraction of sp³-hybridized carbons (Fsp3) is 0.381. The molecular formula is C21H22N6O. The van der Waals surface area contributed by atoms with Crippen molar-refractivity contribution in [3.8, 4) is 11.4 Å². The molecule has 1 spiro atoms. The number of rotatable bonds is 2. The number of H-pyrrole nitrogens is 1. The normalized spacial score (nSPS) is 21.1. The Morgan fingerprint density at radius 1 is 1.18 bits per heavy atom. The Morgan fingerprint density at radius 3 is 2.82 bits per heavy atom. The number of benzene rings is 1. The molecule has 1 aliphatic heterocycles. The summed E-state index contributed by atoms with van der Waals surface area (Å²) in [5.41, 5.74) is 4.33. The molecule has 7 nitrogen and oxygen atoms in total. The van der Waals surface area contributed by atoms with Gasteiger partial charge >= 0.3 is 0 Å². The Kier molecular flexibility index (Phi) is 3.96. The quantitative estimate of drug-likeness (QED) is 0.745. The maximum Gasteiger partial charge on any atom is 0.276 e. The minimum Gasteiger partial charge on any atom is -0.336 e. The monoisotopic (exact) mass is 374 g/mol. The molecule has 1 fully saturated rings. The zero-order valence-electron chi connectivity index (χ0n) is 15.9. The highest BCUT2D eigenvalue weighted by Crippen LogP contribution is 2.44. The highest BCUT2D eigenvalue weighted by molar-refractivity contribution is 5.93. The van der Waals surface area contributed by atoms with Gasteiger partial charge in [-0.05, 0) is 38.2 Å². The fourth-order valence-electron chi connectivity index (χ4n) is 4.61. The lowest BCUT2D eigenvalue weighted by atomic mass is 9.77. The molecule has 0 radical (unpaired) electrons. The highest BCUT2D eigenvalue weighted by atomic mass is 16.2. The number of nitrogens with one attached hydrogen (secondary N) is 1. The van der Waals surface area contributed by atoms with Crippen molar-refractivity contribution in [3.63, 3.8) is 0 Å². The van der Waals surface area contributed by atoms with Crippen molar-refractivity contribution in [2.45, 2.75) is 38.0 Å². The summed E-state index contributed by atoms with van der Waals surface area (Å²) in [5.74, 6) is 0.715. The fourth-order valence-corrected chi connectivity index (χ4v) is 4.61. The minimum atomic E-state index is -0.0899. The number of likely N-dealkylation sites (tertiary alicyclic amines) is 1. The highest BCUT2D eigenvalue weighted by Gasteiger charge is 2.45. The van der Waals surface area contributed by atoms with Gasteiger partial charge < -0.3 is 4.90 Å². The van der Waals surface area contributed by atoms with Crippen molar-refractivity contribution in [2.75, 3.05) is 13.1 Å². The van der Waals surface area contributed by atoms with Gasteiger partial charge in [-0.25, -0.2) is 9.97 Å². The van der Waals surface area contributed by atoms with E-state index in [2.05, 4.69) is 20.4 Å². The van der Waals surface area contributed by atoms with E-state index < -0.39 is 0 Å². The Bertz CT molecular complexity index is 1030. The predicted octanol–water partition coefficient (Wildman–Crippen LogP) is 2.69. The Labute approximate surface area is 163 Å². The van der Waals surface area contributed by atoms with Crippen molar-refractivity contribution in [1.29, 1.82) is 0 Å². The summed E-state index contributed by atoms with van der Waals surface area (Å²) in [6.07, 6.45) is 5.97. The summed E-state index contributed by atoms with van der Waals surface area (Å²) >= 11 is 0. The van der Waals surface area contributed by atoms with E-state index in [-0.39, 0.29) is 11.3 Å². The molecule has 1 aliphatic carbocycles. The number of aromatic amines is 1. The van der Waals surface area contributed by atoms with Crippen LogP contribution in [0.3, 0.4) is 0 Å². The SMILES string of the molecule is Cc1n[nH]nc1C(=O)N1CCCC2(CCc3cnc(-c4ccccc4)nc32)C1. The van der Waals surface area contributed by atoms with Crippen molar-refractivity contribution in [1.82, 2.24) is 30.3 Å². The van der Waals surface area contributed by atoms with Gasteiger partial charge in [0.15, 0.2) is 11.5 Å². The van der Waals surface area contributed by atoms with E-state index in [1.807, 2.05) is 41.4 Å². The van der Waals surface area contributed by atoms with Gasteiger partial charge in [-0.1, -0.05) is 30.3 Å². The van der Waals surface area contributed by atoms with Crippen molar-refractivity contribution in [2.24, 2.45) is 0 Å². The van der Waals surface area contributed by atoms with E-state index in [0.29, 0.717) is 17.9 Å². The molecule has 3 aromatic rings. The molecular weight excluding hydrogens is 352 g/mol. The molecule has 1 unspecified atom stereocenters. The van der Waals surface area contributed by atoms with E-state index in [1.54, 1.807) is 6.92 Å². The molecule has 5 rings (SSSR count). The molecule has 142 valence electrons. The number of carbonyl (C=O) groups is 1. The summed E-state index contributed by atoms with van der Waals surface area (Å²) in [4.78, 5) is 24.5. The number of hydrogen-bond acceptors (Lipinski definition) is 5. The van der Waals surface area contributed by atoms with Crippen LogP contribution in [0.5, 0.6) is 0 Å². The smallest absolute Gasteiger partial charge is 0.276 e. The van der Waals surface area contributed by atoms with Crippen LogP contribution in [-0.4, -0.2) is 49.3 Å². The second kappa shape index (κ2) is 6.51. The number of piperidine rings is 1. The summed E-state index contributed by atoms with van der Waals surface area (Å²) in [5, 5.41) is 10.6. The molecule has 28 heavy (non-hydrogen) atoms. The average molecular weight is 374 g/mol. The maximum absolute atomic E-state index is 13.0. The second-order valence-electron chi connectivity index (χ2n) is 7.80. The summed E-state index contributed by atoms with van der Waals surface area (Å²) in [6.45, 7) is 3.23. The van der Waals surface area contributed by atoms with Gasteiger partial charge in [0.1, 0.15) is 0 Å². The molecule has 0 saturated carbocycles. The zero-order valence-corrected chi connectivity index (χ0v) is 15.9. The van der Waals surface area contributed by atoms with Gasteiger partial charge in [0.25, 0.3) is 5.91 Å². The van der Waals surface area contributed by atoms with Crippen molar-refractivity contribution < 1.29 is 4.79 Å². The first kappa shape index (κ1) is 17.0. The van der Waals surface area contributed by atoms with Gasteiger partial charge in [-0.2, -0.15) is 15.4 Å². The summed E-state index contributed by atoms with van der Waals surface area (Å²) in [7, 11) is 0. The lowest BCUT2D eigenvalue weighted by Gasteiger charge is -2.40. The topological polar surface area (TPSA) is 87.7 Å². The van der Waals surface area contributed by atoms with Gasteiger partial charge in [-0.3, -0.25) is 4.79 Å². The van der Waals surface area contributed by atoms with E-state index in [4.69, 9.17) is 4.98 Å². The molecule has 2 aliphatic rings. The summed E-state index contributed by atoms with van der Waals surface area (Å²) < 4.78 is 0. The first-order valence-corrected chi connectivity index (χ1v) is 9.75. The number of carbonyl (C=O) groups excluding carboxylic acids is 1. The second-order valence-corrected chi connectivity index (χ2v) is 7.80. The van der Waals surface area contributed by atoms with Crippen LogP contribution < -0.4 is 0 Å². The average Bonchev–Trinajstić information content (AvgIpc) is 3.32. The van der Waals surface area contributed by atoms with Crippen LogP contribution in [-0.2, 0) is 11.8 Å². The molecule has 1 N–H and O–H groups in total. The van der Waals surface area contributed by atoms with E-state index >= 15 is 0 Å². The van der Waals surface area contributed by atoms with Crippen LogP contribution in [0.15, 0.2) is 36.5 Å². The first-order chi connectivity index (χ1) is 13.7. The van der Waals surface area contributed by atoms with Gasteiger partial charge in [0.05, 0.1) is 11.4 Å². The van der Waals surface area contributed by atoms with E-state index in [1.165, 1.54) is 5.56 Å². The third-order valence-electron chi connectivity index (χ3n) is 6.06. The first-order valence-electron chi connectivity index (χ1n) is 9.75. The Morgan fingerprint density at radius 2 is 2.04 bits per heavy atom. The van der Waals surface area contributed by atoms with Gasteiger partial charge in [0, 0.05) is 30.3 Å². The predicted molar refractivity (Wildman–Crippen MR) is 104 cm³/mol. The molecule has 1 saturated heterocycles. The zero-order chi connectivity index (χ0) is 19.1. The number of hydrogen-bond donors (Lipinski definition) is 1. The van der Waals surface area contributed by atoms with E-state index in [9.17, 15) is 4.79 Å². The van der Waals surface area contributed by atoms with Crippen LogP contribution in [0.1, 0.15) is 46.7 Å². The molecule has 2 aromatic heterocycles. The van der Waals surface area contributed by atoms with Crippen molar-refractivity contribution in [3.05, 3.63) is 59.2 Å². The Balaban J connectivity index is 1.49. The number of aromatic nitrogens is 5.